The molecule has 1 aliphatic rings. The Bertz CT molecular complexity index is 1120. The van der Waals surface area contributed by atoms with Crippen molar-refractivity contribution in [2.45, 2.75) is 64.1 Å². The van der Waals surface area contributed by atoms with Gasteiger partial charge in [-0.3, -0.25) is 9.59 Å². The Morgan fingerprint density at radius 1 is 1.00 bits per heavy atom. The van der Waals surface area contributed by atoms with E-state index in [0.717, 1.165) is 36.8 Å². The number of ether oxygens (including phenoxy) is 1. The Morgan fingerprint density at radius 3 is 2.31 bits per heavy atom. The second kappa shape index (κ2) is 11.3. The minimum atomic E-state index is -0.820. The molecule has 0 aliphatic heterocycles. The summed E-state index contributed by atoms with van der Waals surface area (Å²) in [4.78, 5) is 29.2. The van der Waals surface area contributed by atoms with Gasteiger partial charge in [-0.15, -0.1) is 0 Å². The molecule has 1 saturated carbocycles. The predicted octanol–water partition coefficient (Wildman–Crippen LogP) is 5.85. The molecule has 1 fully saturated rings. The van der Waals surface area contributed by atoms with Crippen LogP contribution < -0.4 is 10.1 Å². The Labute approximate surface area is 207 Å². The Balaban J connectivity index is 1.77. The van der Waals surface area contributed by atoms with Gasteiger partial charge in [0.05, 0.1) is 19.9 Å². The fourth-order valence-electron chi connectivity index (χ4n) is 4.73. The van der Waals surface area contributed by atoms with Crippen LogP contribution in [0.15, 0.2) is 71.3 Å². The van der Waals surface area contributed by atoms with Crippen LogP contribution in [0.5, 0.6) is 5.75 Å². The highest BCUT2D eigenvalue weighted by atomic mass is 16.5. The molecular formula is C29H34N2O4. The van der Waals surface area contributed by atoms with E-state index in [1.54, 1.807) is 24.1 Å². The summed E-state index contributed by atoms with van der Waals surface area (Å²) in [6.45, 7) is 4.46. The molecule has 1 N–H and O–H groups in total. The molecule has 0 spiro atoms. The number of hydrogen-bond acceptors (Lipinski definition) is 4. The average molecular weight is 475 g/mol. The van der Waals surface area contributed by atoms with Crippen molar-refractivity contribution in [2.24, 2.45) is 0 Å². The molecule has 0 bridgehead atoms. The van der Waals surface area contributed by atoms with Gasteiger partial charge in [-0.25, -0.2) is 0 Å². The van der Waals surface area contributed by atoms with Crippen LogP contribution >= 0.6 is 0 Å². The molecule has 0 unspecified atom stereocenters. The smallest absolute Gasteiger partial charge is 0.290 e. The molecule has 6 nitrogen and oxygen atoms in total. The van der Waals surface area contributed by atoms with E-state index in [-0.39, 0.29) is 30.2 Å². The van der Waals surface area contributed by atoms with Gasteiger partial charge < -0.3 is 19.4 Å². The zero-order valence-electron chi connectivity index (χ0n) is 20.7. The van der Waals surface area contributed by atoms with E-state index >= 15 is 0 Å². The zero-order valence-corrected chi connectivity index (χ0v) is 20.7. The van der Waals surface area contributed by atoms with Crippen molar-refractivity contribution in [1.82, 2.24) is 10.2 Å². The molecule has 4 rings (SSSR count). The van der Waals surface area contributed by atoms with E-state index in [1.165, 1.54) is 11.8 Å². The summed E-state index contributed by atoms with van der Waals surface area (Å²) < 4.78 is 11.0. The van der Waals surface area contributed by atoms with Gasteiger partial charge >= 0.3 is 0 Å². The van der Waals surface area contributed by atoms with Gasteiger partial charge in [0.2, 0.25) is 5.91 Å². The minimum Gasteiger partial charge on any atom is -0.496 e. The van der Waals surface area contributed by atoms with Crippen molar-refractivity contribution in [3.8, 4) is 5.75 Å². The molecule has 3 aromatic rings. The first-order valence-corrected chi connectivity index (χ1v) is 12.3. The van der Waals surface area contributed by atoms with Crippen LogP contribution in [0.1, 0.15) is 78.7 Å². The van der Waals surface area contributed by atoms with E-state index in [0.29, 0.717) is 11.7 Å². The number of amides is 2. The lowest BCUT2D eigenvalue weighted by atomic mass is 9.97. The fourth-order valence-corrected chi connectivity index (χ4v) is 4.73. The van der Waals surface area contributed by atoms with Crippen LogP contribution in [0, 0.1) is 0 Å². The summed E-state index contributed by atoms with van der Waals surface area (Å²) in [6.07, 6.45) is 5.61. The van der Waals surface area contributed by atoms with Crippen molar-refractivity contribution in [1.29, 1.82) is 0 Å². The van der Waals surface area contributed by atoms with Crippen LogP contribution in [-0.4, -0.2) is 29.9 Å². The monoisotopic (exact) mass is 474 g/mol. The van der Waals surface area contributed by atoms with Gasteiger partial charge in [0.1, 0.15) is 11.8 Å². The zero-order chi connectivity index (χ0) is 24.8. The number of para-hydroxylation sites is 1. The molecule has 1 aliphatic carbocycles. The number of benzene rings is 2. The highest BCUT2D eigenvalue weighted by molar-refractivity contribution is 5.96. The first kappa shape index (κ1) is 24.6. The number of hydrogen-bond donors (Lipinski definition) is 1. The molecule has 35 heavy (non-hydrogen) atoms. The first-order chi connectivity index (χ1) is 17.0. The first-order valence-electron chi connectivity index (χ1n) is 12.3. The maximum atomic E-state index is 13.8. The molecular weight excluding hydrogens is 440 g/mol. The maximum Gasteiger partial charge on any atom is 0.290 e. The number of nitrogens with zero attached hydrogens (tertiary/aromatic N) is 1. The predicted molar refractivity (Wildman–Crippen MR) is 135 cm³/mol. The highest BCUT2D eigenvalue weighted by Gasteiger charge is 2.35. The largest absolute Gasteiger partial charge is 0.496 e. The van der Waals surface area contributed by atoms with Crippen molar-refractivity contribution in [3.63, 3.8) is 0 Å². The van der Waals surface area contributed by atoms with Crippen molar-refractivity contribution < 1.29 is 18.7 Å². The summed E-state index contributed by atoms with van der Waals surface area (Å²) in [5, 5.41) is 3.22. The van der Waals surface area contributed by atoms with Crippen LogP contribution in [0.4, 0.5) is 0 Å². The number of furan rings is 1. The van der Waals surface area contributed by atoms with E-state index in [2.05, 4.69) is 19.2 Å². The lowest BCUT2D eigenvalue weighted by Gasteiger charge is -2.32. The number of carbonyl (C=O) groups excluding carboxylic acids is 2. The highest BCUT2D eigenvalue weighted by Crippen LogP contribution is 2.30. The Hall–Kier alpha value is -3.54. The molecule has 2 amide bonds. The maximum absolute atomic E-state index is 13.8. The molecule has 1 aromatic heterocycles. The lowest BCUT2D eigenvalue weighted by molar-refractivity contribution is -0.126. The molecule has 2 aromatic carbocycles. The molecule has 184 valence electrons. The second-order valence-corrected chi connectivity index (χ2v) is 9.44. The van der Waals surface area contributed by atoms with Crippen LogP contribution in [0.25, 0.3) is 0 Å². The minimum absolute atomic E-state index is 0.131. The van der Waals surface area contributed by atoms with Crippen LogP contribution in [0.2, 0.25) is 0 Å². The topological polar surface area (TPSA) is 71.8 Å². The van der Waals surface area contributed by atoms with Crippen LogP contribution in [0.3, 0.4) is 0 Å². The quantitative estimate of drug-likeness (QED) is 0.422. The van der Waals surface area contributed by atoms with Gasteiger partial charge in [-0.05, 0) is 48.1 Å². The third kappa shape index (κ3) is 5.76. The summed E-state index contributed by atoms with van der Waals surface area (Å²) in [7, 11) is 1.60. The third-order valence-electron chi connectivity index (χ3n) is 6.71. The molecule has 6 heteroatoms. The van der Waals surface area contributed by atoms with E-state index in [1.807, 2.05) is 48.5 Å². The van der Waals surface area contributed by atoms with E-state index in [4.69, 9.17) is 9.15 Å². The summed E-state index contributed by atoms with van der Waals surface area (Å²) in [5.74, 6) is 0.695. The lowest BCUT2D eigenvalue weighted by Crippen LogP contribution is -2.45. The number of rotatable bonds is 9. The number of methoxy groups -OCH3 is 1. The van der Waals surface area contributed by atoms with Gasteiger partial charge in [0, 0.05) is 11.6 Å². The van der Waals surface area contributed by atoms with E-state index < -0.39 is 6.04 Å². The third-order valence-corrected chi connectivity index (χ3v) is 6.71. The van der Waals surface area contributed by atoms with Gasteiger partial charge in [0.25, 0.3) is 5.91 Å². The number of nitrogens with one attached hydrogen (secondary N) is 1. The molecule has 1 heterocycles. The molecule has 0 saturated heterocycles. The van der Waals surface area contributed by atoms with Crippen molar-refractivity contribution >= 4 is 11.8 Å². The Kier molecular flexibility index (Phi) is 7.91. The second-order valence-electron chi connectivity index (χ2n) is 9.44. The average Bonchev–Trinajstić information content (AvgIpc) is 3.58. The summed E-state index contributed by atoms with van der Waals surface area (Å²) >= 11 is 0. The van der Waals surface area contributed by atoms with Gasteiger partial charge in [-0.1, -0.05) is 69.2 Å². The SMILES string of the molecule is COc1ccccc1CN(C(=O)c1ccco1)[C@H](C(=O)NC1CCCC1)c1ccc(C(C)C)cc1. The van der Waals surface area contributed by atoms with E-state index in [9.17, 15) is 9.59 Å². The van der Waals surface area contributed by atoms with Gasteiger partial charge in [-0.2, -0.15) is 0 Å². The van der Waals surface area contributed by atoms with Crippen LogP contribution in [-0.2, 0) is 11.3 Å². The Morgan fingerprint density at radius 2 is 1.69 bits per heavy atom. The standard InChI is InChI=1S/C29H34N2O4/c1-20(2)21-14-16-22(17-15-21)27(28(32)30-24-10-5-6-11-24)31(29(33)26-13-8-18-35-26)19-23-9-4-7-12-25(23)34-3/h4,7-9,12-18,20,24,27H,5-6,10-11,19H2,1-3H3,(H,30,32)/t27-/m0/s1. The number of carbonyl (C=O) groups is 2. The normalized spacial score (nSPS) is 14.6. The van der Waals surface area contributed by atoms with Crippen molar-refractivity contribution in [3.05, 3.63) is 89.4 Å². The van der Waals surface area contributed by atoms with Crippen molar-refractivity contribution in [2.75, 3.05) is 7.11 Å². The van der Waals surface area contributed by atoms with Gasteiger partial charge in [0.15, 0.2) is 5.76 Å². The summed E-state index contributed by atoms with van der Waals surface area (Å²) in [6, 6.07) is 18.2. The fraction of sp³-hybridized carbons (Fsp3) is 0.379. The molecule has 0 radical (unpaired) electrons. The molecule has 1 atom stereocenters. The summed E-state index contributed by atoms with van der Waals surface area (Å²) in [5.41, 5.74) is 2.75.